The molecule has 0 aliphatic carbocycles. The van der Waals surface area contributed by atoms with Gasteiger partial charge in [-0.2, -0.15) is 0 Å². The van der Waals surface area contributed by atoms with Gasteiger partial charge in [0.25, 0.3) is 0 Å². The lowest BCUT2D eigenvalue weighted by molar-refractivity contribution is -0.309. The average Bonchev–Trinajstić information content (AvgIpc) is 3.12. The highest BCUT2D eigenvalue weighted by Gasteiger charge is 2.48. The number of halogens is 1. The lowest BCUT2D eigenvalue weighted by Gasteiger charge is -2.45. The second kappa shape index (κ2) is 17.4. The molecule has 0 bridgehead atoms. The summed E-state index contributed by atoms with van der Waals surface area (Å²) >= 11 is 3.59. The van der Waals surface area contributed by atoms with Crippen molar-refractivity contribution in [2.75, 3.05) is 21.3 Å². The van der Waals surface area contributed by atoms with Crippen LogP contribution in [0.15, 0.2) is 114 Å². The zero-order valence-electron chi connectivity index (χ0n) is 26.6. The van der Waals surface area contributed by atoms with Crippen LogP contribution in [0.2, 0.25) is 0 Å². The Morgan fingerprint density at radius 3 is 1.70 bits per heavy atom. The largest absolute Gasteiger partial charge is 0.496 e. The van der Waals surface area contributed by atoms with E-state index in [-0.39, 0.29) is 5.56 Å². The van der Waals surface area contributed by atoms with E-state index in [0.717, 1.165) is 16.7 Å². The summed E-state index contributed by atoms with van der Waals surface area (Å²) in [4.78, 5) is 12.9. The minimum atomic E-state index is -0.792. The quantitative estimate of drug-likeness (QED) is 0.126. The predicted molar refractivity (Wildman–Crippen MR) is 182 cm³/mol. The summed E-state index contributed by atoms with van der Waals surface area (Å²) < 4.78 is 43.6. The molecule has 8 nitrogen and oxygen atoms in total. The van der Waals surface area contributed by atoms with Crippen molar-refractivity contribution in [3.05, 3.63) is 141 Å². The van der Waals surface area contributed by atoms with Gasteiger partial charge in [-0.25, -0.2) is 4.79 Å². The highest BCUT2D eigenvalue weighted by atomic mass is 79.9. The number of rotatable bonds is 14. The maximum absolute atomic E-state index is 12.9. The Labute approximate surface area is 284 Å². The predicted octanol–water partition coefficient (Wildman–Crippen LogP) is 7.39. The van der Waals surface area contributed by atoms with Crippen LogP contribution in [-0.4, -0.2) is 58.0 Å². The van der Waals surface area contributed by atoms with Crippen LogP contribution in [0.25, 0.3) is 6.08 Å². The molecule has 0 radical (unpaired) electrons. The molecule has 1 aliphatic rings. The summed E-state index contributed by atoms with van der Waals surface area (Å²) in [6.07, 6.45) is 0.319. The third kappa shape index (κ3) is 8.96. The number of benzene rings is 4. The molecule has 9 heteroatoms. The summed E-state index contributed by atoms with van der Waals surface area (Å²) in [5.41, 5.74) is 3.86. The molecule has 4 aromatic carbocycles. The second-order valence-corrected chi connectivity index (χ2v) is 11.7. The highest BCUT2D eigenvalue weighted by molar-refractivity contribution is 9.10. The molecule has 1 aliphatic heterocycles. The highest BCUT2D eigenvalue weighted by Crippen LogP contribution is 2.34. The van der Waals surface area contributed by atoms with Crippen molar-refractivity contribution in [1.29, 1.82) is 0 Å². The van der Waals surface area contributed by atoms with Crippen LogP contribution in [0.5, 0.6) is 5.75 Å². The first-order valence-electron chi connectivity index (χ1n) is 15.3. The molecule has 1 saturated heterocycles. The third-order valence-electron chi connectivity index (χ3n) is 7.84. The van der Waals surface area contributed by atoms with E-state index in [2.05, 4.69) is 15.9 Å². The number of esters is 1. The zero-order chi connectivity index (χ0) is 33.0. The maximum Gasteiger partial charge on any atom is 0.342 e. The number of hydrogen-bond acceptors (Lipinski definition) is 8. The van der Waals surface area contributed by atoms with Crippen molar-refractivity contribution in [2.45, 2.75) is 50.5 Å². The number of carbonyl (C=O) groups excluding carboxylic acids is 1. The van der Waals surface area contributed by atoms with Gasteiger partial charge in [0, 0.05) is 17.1 Å². The van der Waals surface area contributed by atoms with Gasteiger partial charge < -0.3 is 33.2 Å². The molecule has 0 spiro atoms. The molecule has 5 atom stereocenters. The Hall–Kier alpha value is -3.83. The van der Waals surface area contributed by atoms with E-state index >= 15 is 0 Å². The van der Waals surface area contributed by atoms with Crippen LogP contribution in [0, 0.1) is 0 Å². The van der Waals surface area contributed by atoms with Gasteiger partial charge in [0.1, 0.15) is 35.7 Å². The van der Waals surface area contributed by atoms with Gasteiger partial charge in [-0.15, -0.1) is 0 Å². The minimum absolute atomic E-state index is 0.280. The molecule has 0 N–H and O–H groups in total. The molecule has 5 rings (SSSR count). The molecule has 4 aromatic rings. The second-order valence-electron chi connectivity index (χ2n) is 10.9. The normalized spacial score (nSPS) is 21.1. The molecule has 0 aromatic heterocycles. The van der Waals surface area contributed by atoms with Gasteiger partial charge in [-0.1, -0.05) is 119 Å². The first-order chi connectivity index (χ1) is 23.0. The number of carbonyl (C=O) groups is 1. The van der Waals surface area contributed by atoms with Gasteiger partial charge in [-0.05, 0) is 28.8 Å². The molecule has 1 heterocycles. The van der Waals surface area contributed by atoms with E-state index in [1.165, 1.54) is 14.2 Å². The van der Waals surface area contributed by atoms with E-state index in [1.807, 2.05) is 103 Å². The Morgan fingerprint density at radius 2 is 1.21 bits per heavy atom. The van der Waals surface area contributed by atoms with Crippen molar-refractivity contribution in [2.24, 2.45) is 0 Å². The maximum atomic E-state index is 12.9. The fourth-order valence-corrected chi connectivity index (χ4v) is 5.91. The summed E-state index contributed by atoms with van der Waals surface area (Å²) in [6, 6.07) is 33.3. The molecule has 1 fully saturated rings. The fraction of sp³-hybridized carbons (Fsp3) is 0.289. The third-order valence-corrected chi connectivity index (χ3v) is 8.53. The Bertz CT molecular complexity index is 1580. The smallest absolute Gasteiger partial charge is 0.342 e. The van der Waals surface area contributed by atoms with Crippen LogP contribution >= 0.6 is 15.9 Å². The van der Waals surface area contributed by atoms with Crippen LogP contribution in [0.3, 0.4) is 0 Å². The summed E-state index contributed by atoms with van der Waals surface area (Å²) in [5.74, 6) is -0.146. The molecule has 0 unspecified atom stereocenters. The first kappa shape index (κ1) is 34.5. The molecule has 0 amide bonds. The molecule has 246 valence electrons. The van der Waals surface area contributed by atoms with E-state index in [1.54, 1.807) is 19.3 Å². The van der Waals surface area contributed by atoms with Crippen LogP contribution in [0.1, 0.15) is 32.6 Å². The van der Waals surface area contributed by atoms with E-state index < -0.39 is 36.7 Å². The topological polar surface area (TPSA) is 81.7 Å². The van der Waals surface area contributed by atoms with E-state index in [4.69, 9.17) is 33.2 Å². The number of methoxy groups -OCH3 is 3. The monoisotopic (exact) mass is 702 g/mol. The van der Waals surface area contributed by atoms with Crippen molar-refractivity contribution >= 4 is 28.0 Å². The lowest BCUT2D eigenvalue weighted by atomic mass is 9.96. The summed E-state index contributed by atoms with van der Waals surface area (Å²) in [5, 5.41) is 0. The number of hydrogen-bond donors (Lipinski definition) is 0. The minimum Gasteiger partial charge on any atom is -0.496 e. The van der Waals surface area contributed by atoms with Crippen molar-refractivity contribution < 1.29 is 38.0 Å². The fourth-order valence-electron chi connectivity index (χ4n) is 5.45. The van der Waals surface area contributed by atoms with Crippen LogP contribution in [-0.2, 0) is 48.2 Å². The van der Waals surface area contributed by atoms with Gasteiger partial charge in [0.2, 0.25) is 0 Å². The van der Waals surface area contributed by atoms with E-state index in [9.17, 15) is 4.79 Å². The Morgan fingerprint density at radius 1 is 0.702 bits per heavy atom. The molecular formula is C38H39BrO8. The van der Waals surface area contributed by atoms with Crippen molar-refractivity contribution in [1.82, 2.24) is 0 Å². The zero-order valence-corrected chi connectivity index (χ0v) is 28.2. The number of ether oxygens (including phenoxy) is 7. The Balaban J connectivity index is 1.53. The van der Waals surface area contributed by atoms with Gasteiger partial charge in [0.05, 0.1) is 34.0 Å². The molecule has 47 heavy (non-hydrogen) atoms. The lowest BCUT2D eigenvalue weighted by Crippen LogP contribution is -2.60. The van der Waals surface area contributed by atoms with E-state index in [0.29, 0.717) is 35.6 Å². The standard InChI is InChI=1S/C38H39BrO8/c1-41-31-22-20-30(39)29(33(31)37(40)42-2)19-21-32-34(44-23-26-13-7-4-8-14-26)35(45-24-27-15-9-5-10-16-27)36(38(43-3)47-32)46-25-28-17-11-6-12-18-28/h4-22,32,34-36,38H,23-25H2,1-3H3/b21-19+/t32-,34-,35+,36-,38+/m1/s1. The average molecular weight is 704 g/mol. The Kier molecular flexibility index (Phi) is 12.7. The van der Waals surface area contributed by atoms with Gasteiger partial charge in [0.15, 0.2) is 6.29 Å². The molecular weight excluding hydrogens is 664 g/mol. The summed E-state index contributed by atoms with van der Waals surface area (Å²) in [7, 11) is 4.42. The van der Waals surface area contributed by atoms with Crippen molar-refractivity contribution in [3.8, 4) is 5.75 Å². The molecule has 0 saturated carbocycles. The van der Waals surface area contributed by atoms with Crippen LogP contribution < -0.4 is 4.74 Å². The first-order valence-corrected chi connectivity index (χ1v) is 16.1. The van der Waals surface area contributed by atoms with Gasteiger partial charge in [-0.3, -0.25) is 0 Å². The SMILES string of the molecule is COC(=O)c1c(OC)ccc(Br)c1/C=C/[C@H]1O[C@H](OC)[C@H](OCc2ccccc2)[C@@H](OCc2ccccc2)[C@@H]1OCc1ccccc1. The van der Waals surface area contributed by atoms with Gasteiger partial charge >= 0.3 is 5.97 Å². The summed E-state index contributed by atoms with van der Waals surface area (Å²) in [6.45, 7) is 0.956. The van der Waals surface area contributed by atoms with Crippen molar-refractivity contribution in [3.63, 3.8) is 0 Å². The van der Waals surface area contributed by atoms with Crippen LogP contribution in [0.4, 0.5) is 0 Å².